The molecule has 0 radical (unpaired) electrons. The third-order valence-corrected chi connectivity index (χ3v) is 2.70. The van der Waals surface area contributed by atoms with Gasteiger partial charge in [-0.3, -0.25) is 4.79 Å². The van der Waals surface area contributed by atoms with Crippen molar-refractivity contribution in [1.29, 1.82) is 0 Å². The van der Waals surface area contributed by atoms with Crippen molar-refractivity contribution in [3.63, 3.8) is 0 Å². The molecule has 0 spiro atoms. The first-order chi connectivity index (χ1) is 7.61. The number of aryl methyl sites for hydroxylation is 1. The van der Waals surface area contributed by atoms with Gasteiger partial charge in [-0.15, -0.1) is 11.6 Å². The summed E-state index contributed by atoms with van der Waals surface area (Å²) >= 11 is 5.73. The van der Waals surface area contributed by atoms with Gasteiger partial charge in [-0.2, -0.15) is 0 Å². The molecule has 1 unspecified atom stereocenters. The van der Waals surface area contributed by atoms with Crippen molar-refractivity contribution in [3.8, 4) is 0 Å². The lowest BCUT2D eigenvalue weighted by atomic mass is 10.1. The molecular formula is C13H18ClNO. The van der Waals surface area contributed by atoms with E-state index in [0.29, 0.717) is 0 Å². The molecule has 1 amide bonds. The van der Waals surface area contributed by atoms with Crippen molar-refractivity contribution < 1.29 is 4.79 Å². The molecule has 0 fully saturated rings. The Morgan fingerprint density at radius 3 is 2.56 bits per heavy atom. The Kier molecular flexibility index (Phi) is 5.33. The monoisotopic (exact) mass is 239 g/mol. The van der Waals surface area contributed by atoms with Crippen molar-refractivity contribution in [1.82, 2.24) is 4.90 Å². The molecule has 0 aromatic heterocycles. The van der Waals surface area contributed by atoms with E-state index in [9.17, 15) is 4.79 Å². The van der Waals surface area contributed by atoms with Gasteiger partial charge in [-0.25, -0.2) is 0 Å². The highest BCUT2D eigenvalue weighted by Gasteiger charge is 2.13. The quantitative estimate of drug-likeness (QED) is 0.724. The molecule has 1 rings (SSSR count). The van der Waals surface area contributed by atoms with Crippen LogP contribution in [0.3, 0.4) is 0 Å². The van der Waals surface area contributed by atoms with Gasteiger partial charge in [0.15, 0.2) is 0 Å². The predicted molar refractivity (Wildman–Crippen MR) is 67.7 cm³/mol. The summed E-state index contributed by atoms with van der Waals surface area (Å²) < 4.78 is 0. The molecule has 0 bridgehead atoms. The van der Waals surface area contributed by atoms with Crippen LogP contribution in [0, 0.1) is 0 Å². The first-order valence-electron chi connectivity index (χ1n) is 5.54. The van der Waals surface area contributed by atoms with Gasteiger partial charge in [0.1, 0.15) is 5.38 Å². The van der Waals surface area contributed by atoms with Gasteiger partial charge in [-0.1, -0.05) is 30.3 Å². The van der Waals surface area contributed by atoms with Crippen LogP contribution in [-0.4, -0.2) is 29.8 Å². The molecule has 3 heteroatoms. The van der Waals surface area contributed by atoms with E-state index in [1.807, 2.05) is 18.2 Å². The molecule has 0 N–H and O–H groups in total. The van der Waals surface area contributed by atoms with Crippen molar-refractivity contribution in [2.24, 2.45) is 0 Å². The number of nitrogens with zero attached hydrogens (tertiary/aromatic N) is 1. The fourth-order valence-corrected chi connectivity index (χ4v) is 1.75. The molecule has 0 heterocycles. The van der Waals surface area contributed by atoms with Crippen LogP contribution in [0.2, 0.25) is 0 Å². The van der Waals surface area contributed by atoms with E-state index in [0.717, 1.165) is 19.4 Å². The SMILES string of the molecule is CC(Cl)C(=O)N(C)CCCc1ccccc1. The summed E-state index contributed by atoms with van der Waals surface area (Å²) in [6.45, 7) is 2.46. The van der Waals surface area contributed by atoms with Crippen LogP contribution in [0.1, 0.15) is 18.9 Å². The number of halogens is 1. The van der Waals surface area contributed by atoms with Gasteiger partial charge in [-0.05, 0) is 25.3 Å². The highest BCUT2D eigenvalue weighted by molar-refractivity contribution is 6.30. The van der Waals surface area contributed by atoms with E-state index in [-0.39, 0.29) is 5.91 Å². The van der Waals surface area contributed by atoms with Crippen LogP contribution < -0.4 is 0 Å². The second-order valence-electron chi connectivity index (χ2n) is 3.96. The predicted octanol–water partition coefficient (Wildman–Crippen LogP) is 2.70. The van der Waals surface area contributed by atoms with E-state index in [4.69, 9.17) is 11.6 Å². The van der Waals surface area contributed by atoms with Crippen LogP contribution in [0.5, 0.6) is 0 Å². The fourth-order valence-electron chi connectivity index (χ4n) is 1.58. The molecule has 0 saturated heterocycles. The van der Waals surface area contributed by atoms with E-state index >= 15 is 0 Å². The Bertz CT molecular complexity index is 324. The van der Waals surface area contributed by atoms with Gasteiger partial charge in [0.2, 0.25) is 5.91 Å². The zero-order valence-electron chi connectivity index (χ0n) is 9.82. The molecule has 0 aliphatic rings. The molecule has 0 saturated carbocycles. The van der Waals surface area contributed by atoms with Gasteiger partial charge in [0.25, 0.3) is 0 Å². The Labute approximate surface area is 102 Å². The smallest absolute Gasteiger partial charge is 0.240 e. The molecule has 1 atom stereocenters. The molecule has 88 valence electrons. The summed E-state index contributed by atoms with van der Waals surface area (Å²) in [7, 11) is 1.80. The summed E-state index contributed by atoms with van der Waals surface area (Å²) in [6, 6.07) is 10.3. The molecule has 16 heavy (non-hydrogen) atoms. The summed E-state index contributed by atoms with van der Waals surface area (Å²) in [5.74, 6) is -0.00488. The zero-order chi connectivity index (χ0) is 12.0. The number of carbonyl (C=O) groups excluding carboxylic acids is 1. The second kappa shape index (κ2) is 6.54. The Hall–Kier alpha value is -1.02. The molecule has 1 aromatic carbocycles. The van der Waals surface area contributed by atoms with E-state index in [2.05, 4.69) is 12.1 Å². The van der Waals surface area contributed by atoms with E-state index in [1.165, 1.54) is 5.56 Å². The van der Waals surface area contributed by atoms with Crippen LogP contribution in [0.15, 0.2) is 30.3 Å². The molecule has 2 nitrogen and oxygen atoms in total. The largest absolute Gasteiger partial charge is 0.344 e. The standard InChI is InChI=1S/C13H18ClNO/c1-11(14)13(16)15(2)10-6-9-12-7-4-3-5-8-12/h3-5,7-8,11H,6,9-10H2,1-2H3. The van der Waals surface area contributed by atoms with Crippen LogP contribution >= 0.6 is 11.6 Å². The first kappa shape index (κ1) is 13.0. The van der Waals surface area contributed by atoms with Gasteiger partial charge in [0, 0.05) is 13.6 Å². The molecule has 0 aliphatic heterocycles. The summed E-state index contributed by atoms with van der Waals surface area (Å²) in [5.41, 5.74) is 1.31. The van der Waals surface area contributed by atoms with Gasteiger partial charge in [0.05, 0.1) is 0 Å². The Morgan fingerprint density at radius 2 is 2.00 bits per heavy atom. The molecule has 0 aliphatic carbocycles. The van der Waals surface area contributed by atoms with Crippen LogP contribution in [0.25, 0.3) is 0 Å². The first-order valence-corrected chi connectivity index (χ1v) is 5.98. The number of rotatable bonds is 5. The minimum atomic E-state index is -0.429. The average molecular weight is 240 g/mol. The van der Waals surface area contributed by atoms with E-state index in [1.54, 1.807) is 18.9 Å². The average Bonchev–Trinajstić information content (AvgIpc) is 2.29. The zero-order valence-corrected chi connectivity index (χ0v) is 10.6. The van der Waals surface area contributed by atoms with E-state index < -0.39 is 5.38 Å². The summed E-state index contributed by atoms with van der Waals surface area (Å²) in [4.78, 5) is 13.2. The van der Waals surface area contributed by atoms with Crippen molar-refractivity contribution in [2.75, 3.05) is 13.6 Å². The second-order valence-corrected chi connectivity index (χ2v) is 4.62. The third-order valence-electron chi connectivity index (χ3n) is 2.52. The molecular weight excluding hydrogens is 222 g/mol. The van der Waals surface area contributed by atoms with Crippen molar-refractivity contribution >= 4 is 17.5 Å². The highest BCUT2D eigenvalue weighted by Crippen LogP contribution is 2.05. The number of alkyl halides is 1. The summed E-state index contributed by atoms with van der Waals surface area (Å²) in [5, 5.41) is -0.429. The number of hydrogen-bond donors (Lipinski definition) is 0. The van der Waals surface area contributed by atoms with Crippen molar-refractivity contribution in [3.05, 3.63) is 35.9 Å². The summed E-state index contributed by atoms with van der Waals surface area (Å²) in [6.07, 6.45) is 1.96. The maximum atomic E-state index is 11.5. The Balaban J connectivity index is 2.28. The highest BCUT2D eigenvalue weighted by atomic mass is 35.5. The lowest BCUT2D eigenvalue weighted by Crippen LogP contribution is -2.33. The fraction of sp³-hybridized carbons (Fsp3) is 0.462. The molecule has 1 aromatic rings. The third kappa shape index (κ3) is 4.23. The number of carbonyl (C=O) groups is 1. The van der Waals surface area contributed by atoms with Crippen LogP contribution in [0.4, 0.5) is 0 Å². The van der Waals surface area contributed by atoms with Gasteiger partial charge < -0.3 is 4.90 Å². The minimum absolute atomic E-state index is 0.00488. The van der Waals surface area contributed by atoms with Crippen LogP contribution in [-0.2, 0) is 11.2 Å². The maximum Gasteiger partial charge on any atom is 0.240 e. The maximum absolute atomic E-state index is 11.5. The number of hydrogen-bond acceptors (Lipinski definition) is 1. The normalized spacial score (nSPS) is 12.2. The van der Waals surface area contributed by atoms with Gasteiger partial charge >= 0.3 is 0 Å². The lowest BCUT2D eigenvalue weighted by molar-refractivity contribution is -0.129. The number of amides is 1. The lowest BCUT2D eigenvalue weighted by Gasteiger charge is -2.18. The minimum Gasteiger partial charge on any atom is -0.344 e. The topological polar surface area (TPSA) is 20.3 Å². The Morgan fingerprint density at radius 1 is 1.38 bits per heavy atom. The van der Waals surface area contributed by atoms with Crippen molar-refractivity contribution in [2.45, 2.75) is 25.1 Å². The number of benzene rings is 1.